The Morgan fingerprint density at radius 1 is 1.24 bits per heavy atom. The summed E-state index contributed by atoms with van der Waals surface area (Å²) in [4.78, 5) is 12.1. The molecule has 0 aliphatic heterocycles. The molecule has 6 nitrogen and oxygen atoms in total. The van der Waals surface area contributed by atoms with Crippen molar-refractivity contribution in [1.82, 2.24) is 15.0 Å². The molecule has 4 rings (SSSR count). The third-order valence-electron chi connectivity index (χ3n) is 4.64. The first-order valence-corrected chi connectivity index (χ1v) is 8.77. The SMILES string of the molecule is NC1CC(Nc2ncc(Cl)c(-c3c[nH]c4ccccc34)n2)C[C@@H](O)C1. The van der Waals surface area contributed by atoms with Crippen LogP contribution >= 0.6 is 11.6 Å². The van der Waals surface area contributed by atoms with Gasteiger partial charge in [-0.2, -0.15) is 0 Å². The van der Waals surface area contributed by atoms with Crippen molar-refractivity contribution >= 4 is 28.5 Å². The summed E-state index contributed by atoms with van der Waals surface area (Å²) in [6, 6.07) is 8.05. The molecule has 3 atom stereocenters. The van der Waals surface area contributed by atoms with E-state index in [9.17, 15) is 5.11 Å². The van der Waals surface area contributed by atoms with E-state index in [4.69, 9.17) is 17.3 Å². The molecule has 7 heteroatoms. The number of benzene rings is 1. The third-order valence-corrected chi connectivity index (χ3v) is 4.92. The fraction of sp³-hybridized carbons (Fsp3) is 0.333. The van der Waals surface area contributed by atoms with E-state index in [1.54, 1.807) is 6.20 Å². The highest BCUT2D eigenvalue weighted by molar-refractivity contribution is 6.33. The summed E-state index contributed by atoms with van der Waals surface area (Å²) >= 11 is 6.35. The van der Waals surface area contributed by atoms with E-state index in [1.165, 1.54) is 0 Å². The Hall–Kier alpha value is -2.15. The summed E-state index contributed by atoms with van der Waals surface area (Å²) in [5, 5.41) is 14.8. The van der Waals surface area contributed by atoms with Gasteiger partial charge in [-0.05, 0) is 25.3 Å². The van der Waals surface area contributed by atoms with Crippen LogP contribution in [0.1, 0.15) is 19.3 Å². The molecule has 1 aromatic carbocycles. The fourth-order valence-electron chi connectivity index (χ4n) is 3.53. The van der Waals surface area contributed by atoms with Gasteiger partial charge in [0.1, 0.15) is 0 Å². The molecule has 0 radical (unpaired) electrons. The smallest absolute Gasteiger partial charge is 0.223 e. The molecule has 130 valence electrons. The summed E-state index contributed by atoms with van der Waals surface area (Å²) in [6.07, 6.45) is 5.19. The van der Waals surface area contributed by atoms with Gasteiger partial charge in [0.15, 0.2) is 0 Å². The summed E-state index contributed by atoms with van der Waals surface area (Å²) in [7, 11) is 0. The molecule has 1 aliphatic carbocycles. The van der Waals surface area contributed by atoms with E-state index >= 15 is 0 Å². The van der Waals surface area contributed by atoms with Crippen LogP contribution in [-0.4, -0.2) is 38.2 Å². The Kier molecular flexibility index (Phi) is 4.33. The first-order valence-electron chi connectivity index (χ1n) is 8.39. The molecule has 2 unspecified atom stereocenters. The van der Waals surface area contributed by atoms with Crippen molar-refractivity contribution in [3.63, 3.8) is 0 Å². The van der Waals surface area contributed by atoms with Gasteiger partial charge in [0.25, 0.3) is 0 Å². The molecule has 3 aromatic rings. The normalized spacial score (nSPS) is 23.7. The van der Waals surface area contributed by atoms with Crippen LogP contribution in [0, 0.1) is 0 Å². The molecule has 1 fully saturated rings. The molecule has 25 heavy (non-hydrogen) atoms. The van der Waals surface area contributed by atoms with Crippen molar-refractivity contribution in [2.75, 3.05) is 5.32 Å². The van der Waals surface area contributed by atoms with E-state index in [2.05, 4.69) is 20.3 Å². The number of hydrogen-bond donors (Lipinski definition) is 4. The number of aromatic nitrogens is 3. The summed E-state index contributed by atoms with van der Waals surface area (Å²) in [5.74, 6) is 0.496. The van der Waals surface area contributed by atoms with Crippen LogP contribution in [0.2, 0.25) is 5.02 Å². The van der Waals surface area contributed by atoms with Gasteiger partial charge in [-0.3, -0.25) is 0 Å². The highest BCUT2D eigenvalue weighted by Crippen LogP contribution is 2.32. The van der Waals surface area contributed by atoms with Gasteiger partial charge in [0, 0.05) is 34.7 Å². The quantitative estimate of drug-likeness (QED) is 0.577. The minimum atomic E-state index is -0.387. The highest BCUT2D eigenvalue weighted by atomic mass is 35.5. The number of fused-ring (bicyclic) bond motifs is 1. The second-order valence-corrected chi connectivity index (χ2v) is 7.01. The number of hydrogen-bond acceptors (Lipinski definition) is 5. The van der Waals surface area contributed by atoms with Crippen LogP contribution in [0.25, 0.3) is 22.2 Å². The third kappa shape index (κ3) is 3.33. The average Bonchev–Trinajstić information content (AvgIpc) is 3.00. The van der Waals surface area contributed by atoms with Gasteiger partial charge in [-0.1, -0.05) is 29.8 Å². The Morgan fingerprint density at radius 3 is 2.92 bits per heavy atom. The number of halogens is 1. The van der Waals surface area contributed by atoms with E-state index in [0.717, 1.165) is 22.9 Å². The predicted octanol–water partition coefficient (Wildman–Crippen LogP) is 2.93. The molecule has 5 N–H and O–H groups in total. The van der Waals surface area contributed by atoms with Crippen LogP contribution in [0.3, 0.4) is 0 Å². The van der Waals surface area contributed by atoms with Crippen LogP contribution < -0.4 is 11.1 Å². The molecule has 1 saturated carbocycles. The Labute approximate surface area is 150 Å². The zero-order chi connectivity index (χ0) is 17.4. The number of nitrogens with zero attached hydrogens (tertiary/aromatic N) is 2. The summed E-state index contributed by atoms with van der Waals surface area (Å²) in [6.45, 7) is 0. The zero-order valence-corrected chi connectivity index (χ0v) is 14.4. The van der Waals surface area contributed by atoms with Crippen LogP contribution in [0.4, 0.5) is 5.95 Å². The lowest BCUT2D eigenvalue weighted by Crippen LogP contribution is -2.41. The van der Waals surface area contributed by atoms with Crippen molar-refractivity contribution < 1.29 is 5.11 Å². The van der Waals surface area contributed by atoms with Crippen LogP contribution in [-0.2, 0) is 0 Å². The first-order chi connectivity index (χ1) is 12.1. The lowest BCUT2D eigenvalue weighted by molar-refractivity contribution is 0.114. The predicted molar refractivity (Wildman–Crippen MR) is 99.6 cm³/mol. The maximum Gasteiger partial charge on any atom is 0.223 e. The van der Waals surface area contributed by atoms with E-state index in [-0.39, 0.29) is 18.2 Å². The zero-order valence-electron chi connectivity index (χ0n) is 13.6. The maximum absolute atomic E-state index is 9.91. The number of nitrogens with one attached hydrogen (secondary N) is 2. The van der Waals surface area contributed by atoms with Gasteiger partial charge in [-0.25, -0.2) is 9.97 Å². The van der Waals surface area contributed by atoms with Crippen molar-refractivity contribution in [3.8, 4) is 11.3 Å². The number of nitrogens with two attached hydrogens (primary N) is 1. The maximum atomic E-state index is 9.91. The number of anilines is 1. The molecule has 2 aromatic heterocycles. The Morgan fingerprint density at radius 2 is 2.08 bits per heavy atom. The monoisotopic (exact) mass is 357 g/mol. The molecule has 0 saturated heterocycles. The summed E-state index contributed by atoms with van der Waals surface area (Å²) in [5.41, 5.74) is 8.64. The van der Waals surface area contributed by atoms with E-state index < -0.39 is 0 Å². The standard InChI is InChI=1S/C18H20ClN5O/c19-15-9-22-18(23-11-5-10(20)6-12(25)7-11)24-17(15)14-8-21-16-4-2-1-3-13(14)16/h1-4,8-12,21,25H,5-7,20H2,(H,22,23,24)/t10?,11?,12-/m0/s1. The molecule has 1 aliphatic rings. The lowest BCUT2D eigenvalue weighted by Gasteiger charge is -2.30. The number of rotatable bonds is 3. The van der Waals surface area contributed by atoms with E-state index in [1.807, 2.05) is 30.5 Å². The molecule has 2 heterocycles. The minimum Gasteiger partial charge on any atom is -0.393 e. The average molecular weight is 358 g/mol. The second kappa shape index (κ2) is 6.63. The van der Waals surface area contributed by atoms with Gasteiger partial charge >= 0.3 is 0 Å². The molecule has 0 bridgehead atoms. The van der Waals surface area contributed by atoms with Gasteiger partial charge in [0.05, 0.1) is 23.0 Å². The lowest BCUT2D eigenvalue weighted by atomic mass is 9.89. The number of aliphatic hydroxyl groups is 1. The number of H-pyrrole nitrogens is 1. The Bertz CT molecular complexity index is 886. The minimum absolute atomic E-state index is 0.0124. The largest absolute Gasteiger partial charge is 0.393 e. The van der Waals surface area contributed by atoms with Gasteiger partial charge in [-0.15, -0.1) is 0 Å². The molecule has 0 amide bonds. The Balaban J connectivity index is 1.65. The van der Waals surface area contributed by atoms with Crippen molar-refractivity contribution in [2.45, 2.75) is 37.5 Å². The van der Waals surface area contributed by atoms with Crippen LogP contribution in [0.5, 0.6) is 0 Å². The number of para-hydroxylation sites is 1. The number of aromatic amines is 1. The number of aliphatic hydroxyl groups excluding tert-OH is 1. The summed E-state index contributed by atoms with van der Waals surface area (Å²) < 4.78 is 0. The van der Waals surface area contributed by atoms with Crippen LogP contribution in [0.15, 0.2) is 36.7 Å². The van der Waals surface area contributed by atoms with Crippen molar-refractivity contribution in [1.29, 1.82) is 0 Å². The van der Waals surface area contributed by atoms with E-state index in [0.29, 0.717) is 29.5 Å². The van der Waals surface area contributed by atoms with Gasteiger partial charge in [0.2, 0.25) is 5.95 Å². The van der Waals surface area contributed by atoms with Crippen molar-refractivity contribution in [3.05, 3.63) is 41.7 Å². The fourth-order valence-corrected chi connectivity index (χ4v) is 3.72. The first kappa shape index (κ1) is 16.3. The highest BCUT2D eigenvalue weighted by Gasteiger charge is 2.26. The molecular formula is C18H20ClN5O. The second-order valence-electron chi connectivity index (χ2n) is 6.60. The molecule has 0 spiro atoms. The van der Waals surface area contributed by atoms with Gasteiger partial charge < -0.3 is 21.1 Å². The molecular weight excluding hydrogens is 338 g/mol. The topological polar surface area (TPSA) is 99.8 Å². The van der Waals surface area contributed by atoms with Crippen molar-refractivity contribution in [2.24, 2.45) is 5.73 Å².